The van der Waals surface area contributed by atoms with Gasteiger partial charge < -0.3 is 16.6 Å². The molecule has 1 amide bonds. The van der Waals surface area contributed by atoms with E-state index in [4.69, 9.17) is 11.5 Å². The molecule has 5 N–H and O–H groups in total. The Morgan fingerprint density at radius 1 is 1.48 bits per heavy atom. The number of aliphatic hydroxyl groups excluding tert-OH is 1. The van der Waals surface area contributed by atoms with Gasteiger partial charge in [0.2, 0.25) is 15.9 Å². The van der Waals surface area contributed by atoms with Crippen LogP contribution in [0.25, 0.3) is 0 Å². The first kappa shape index (κ1) is 15.7. The lowest BCUT2D eigenvalue weighted by molar-refractivity contribution is 0.1000. The quantitative estimate of drug-likeness (QED) is 0.661. The number of nitrogen functional groups attached to an aromatic ring is 1. The largest absolute Gasteiger partial charge is 0.398 e. The highest BCUT2D eigenvalue weighted by Crippen LogP contribution is 2.32. The molecular formula is C13H19N3O4S. The van der Waals surface area contributed by atoms with Crippen molar-refractivity contribution in [3.63, 3.8) is 0 Å². The molecule has 2 rings (SSSR count). The molecule has 1 aromatic rings. The van der Waals surface area contributed by atoms with Gasteiger partial charge in [-0.15, -0.1) is 0 Å². The summed E-state index contributed by atoms with van der Waals surface area (Å²) in [6.45, 7) is 2.00. The fourth-order valence-electron chi connectivity index (χ4n) is 2.61. The first-order valence-corrected chi connectivity index (χ1v) is 8.05. The van der Waals surface area contributed by atoms with Crippen LogP contribution in [0, 0.1) is 5.92 Å². The molecule has 1 saturated heterocycles. The van der Waals surface area contributed by atoms with Gasteiger partial charge in [-0.3, -0.25) is 4.79 Å². The van der Waals surface area contributed by atoms with E-state index in [9.17, 15) is 18.3 Å². The molecule has 1 heterocycles. The Balaban J connectivity index is 2.43. The van der Waals surface area contributed by atoms with Crippen LogP contribution >= 0.6 is 0 Å². The first-order valence-electron chi connectivity index (χ1n) is 6.61. The van der Waals surface area contributed by atoms with Crippen LogP contribution in [0.2, 0.25) is 0 Å². The van der Waals surface area contributed by atoms with Crippen LogP contribution in [0.1, 0.15) is 23.7 Å². The van der Waals surface area contributed by atoms with E-state index < -0.39 is 22.0 Å². The Labute approximate surface area is 123 Å². The van der Waals surface area contributed by atoms with Crippen molar-refractivity contribution in [2.75, 3.05) is 18.9 Å². The van der Waals surface area contributed by atoms with Crippen LogP contribution in [0.5, 0.6) is 0 Å². The summed E-state index contributed by atoms with van der Waals surface area (Å²) in [6.07, 6.45) is 0.684. The van der Waals surface area contributed by atoms with E-state index in [1.54, 1.807) is 0 Å². The van der Waals surface area contributed by atoms with Crippen LogP contribution in [0.15, 0.2) is 23.1 Å². The number of nitrogens with two attached hydrogens (primary N) is 2. The molecule has 21 heavy (non-hydrogen) atoms. The maximum Gasteiger partial charge on any atom is 0.248 e. The minimum Gasteiger partial charge on any atom is -0.398 e. The number of amides is 1. The second kappa shape index (κ2) is 5.63. The van der Waals surface area contributed by atoms with Gasteiger partial charge in [-0.2, -0.15) is 4.31 Å². The second-order valence-electron chi connectivity index (χ2n) is 5.25. The Hall–Kier alpha value is -1.64. The molecule has 0 radical (unpaired) electrons. The number of primary amides is 1. The predicted molar refractivity (Wildman–Crippen MR) is 77.9 cm³/mol. The SMILES string of the molecule is CC1CCN(S(=O)(=O)c2ccc(C(N)=O)cc2N)C1CO. The number of sulfonamides is 1. The normalized spacial score (nSPS) is 23.3. The molecule has 1 aromatic carbocycles. The van der Waals surface area contributed by atoms with Crippen molar-refractivity contribution in [2.45, 2.75) is 24.3 Å². The van der Waals surface area contributed by atoms with E-state index in [-0.39, 0.29) is 28.7 Å². The van der Waals surface area contributed by atoms with Gasteiger partial charge in [-0.1, -0.05) is 6.92 Å². The van der Waals surface area contributed by atoms with Crippen LogP contribution in [0.4, 0.5) is 5.69 Å². The molecule has 2 atom stereocenters. The number of benzene rings is 1. The van der Waals surface area contributed by atoms with Crippen molar-refractivity contribution >= 4 is 21.6 Å². The van der Waals surface area contributed by atoms with Crippen LogP contribution < -0.4 is 11.5 Å². The Kier molecular flexibility index (Phi) is 4.22. The van der Waals surface area contributed by atoms with E-state index in [2.05, 4.69) is 0 Å². The van der Waals surface area contributed by atoms with E-state index in [1.165, 1.54) is 22.5 Å². The van der Waals surface area contributed by atoms with Gasteiger partial charge in [0.05, 0.1) is 18.3 Å². The number of aliphatic hydroxyl groups is 1. The zero-order chi connectivity index (χ0) is 15.8. The van der Waals surface area contributed by atoms with E-state index in [0.29, 0.717) is 13.0 Å². The molecule has 0 saturated carbocycles. The maximum absolute atomic E-state index is 12.7. The Morgan fingerprint density at radius 3 is 2.67 bits per heavy atom. The summed E-state index contributed by atoms with van der Waals surface area (Å²) in [5, 5.41) is 9.40. The van der Waals surface area contributed by atoms with Crippen molar-refractivity contribution in [1.29, 1.82) is 0 Å². The first-order chi connectivity index (χ1) is 9.78. The molecule has 116 valence electrons. The smallest absolute Gasteiger partial charge is 0.248 e. The van der Waals surface area contributed by atoms with Crippen LogP contribution in [0.3, 0.4) is 0 Å². The lowest BCUT2D eigenvalue weighted by Gasteiger charge is -2.25. The molecule has 2 unspecified atom stereocenters. The number of carbonyl (C=O) groups excluding carboxylic acids is 1. The summed E-state index contributed by atoms with van der Waals surface area (Å²) in [4.78, 5) is 11.0. The second-order valence-corrected chi connectivity index (χ2v) is 7.11. The molecular weight excluding hydrogens is 294 g/mol. The van der Waals surface area contributed by atoms with Crippen molar-refractivity contribution in [1.82, 2.24) is 4.31 Å². The average molecular weight is 313 g/mol. The van der Waals surface area contributed by atoms with Crippen molar-refractivity contribution in [3.05, 3.63) is 23.8 Å². The fourth-order valence-corrected chi connectivity index (χ4v) is 4.43. The lowest BCUT2D eigenvalue weighted by Crippen LogP contribution is -2.40. The summed E-state index contributed by atoms with van der Waals surface area (Å²) < 4.78 is 26.6. The Bertz CT molecular complexity index is 659. The summed E-state index contributed by atoms with van der Waals surface area (Å²) in [5.41, 5.74) is 11.0. The molecule has 8 heteroatoms. The third-order valence-electron chi connectivity index (χ3n) is 3.90. The standard InChI is InChI=1S/C13H19N3O4S/c1-8-4-5-16(11(8)7-17)21(19,20)12-3-2-9(13(15)18)6-10(12)14/h2-3,6,8,11,17H,4-5,7,14H2,1H3,(H2,15,18). The van der Waals surface area contributed by atoms with Gasteiger partial charge >= 0.3 is 0 Å². The third kappa shape index (κ3) is 2.74. The third-order valence-corrected chi connectivity index (χ3v) is 5.90. The van der Waals surface area contributed by atoms with Gasteiger partial charge in [0.25, 0.3) is 0 Å². The number of rotatable bonds is 4. The summed E-state index contributed by atoms with van der Waals surface area (Å²) in [5.74, 6) is -0.593. The van der Waals surface area contributed by atoms with Crippen molar-refractivity contribution < 1.29 is 18.3 Å². The van der Waals surface area contributed by atoms with Gasteiger partial charge in [0.1, 0.15) is 4.90 Å². The highest BCUT2D eigenvalue weighted by atomic mass is 32.2. The monoisotopic (exact) mass is 313 g/mol. The highest BCUT2D eigenvalue weighted by Gasteiger charge is 2.39. The predicted octanol–water partition coefficient (Wildman–Crippen LogP) is -0.241. The van der Waals surface area contributed by atoms with E-state index in [0.717, 1.165) is 0 Å². The minimum atomic E-state index is -3.81. The van der Waals surface area contributed by atoms with Gasteiger partial charge in [0, 0.05) is 12.1 Å². The Morgan fingerprint density at radius 2 is 2.14 bits per heavy atom. The number of nitrogens with zero attached hydrogens (tertiary/aromatic N) is 1. The van der Waals surface area contributed by atoms with Crippen molar-refractivity contribution in [3.8, 4) is 0 Å². The molecule has 0 spiro atoms. The molecule has 0 bridgehead atoms. The van der Waals surface area contributed by atoms with Gasteiger partial charge in [0.15, 0.2) is 0 Å². The highest BCUT2D eigenvalue weighted by molar-refractivity contribution is 7.89. The van der Waals surface area contributed by atoms with E-state index >= 15 is 0 Å². The van der Waals surface area contributed by atoms with E-state index in [1.807, 2.05) is 6.92 Å². The summed E-state index contributed by atoms with van der Waals surface area (Å²) >= 11 is 0. The number of anilines is 1. The molecule has 7 nitrogen and oxygen atoms in total. The molecule has 0 aliphatic carbocycles. The molecule has 1 fully saturated rings. The maximum atomic E-state index is 12.7. The minimum absolute atomic E-state index is 0.0254. The number of hydrogen-bond acceptors (Lipinski definition) is 5. The summed E-state index contributed by atoms with van der Waals surface area (Å²) in [7, 11) is -3.81. The lowest BCUT2D eigenvalue weighted by atomic mass is 10.0. The van der Waals surface area contributed by atoms with Crippen LogP contribution in [-0.4, -0.2) is 42.9 Å². The molecule has 1 aliphatic rings. The zero-order valence-corrected chi connectivity index (χ0v) is 12.5. The van der Waals surface area contributed by atoms with Gasteiger partial charge in [-0.25, -0.2) is 8.42 Å². The average Bonchev–Trinajstić information content (AvgIpc) is 2.79. The topological polar surface area (TPSA) is 127 Å². The zero-order valence-electron chi connectivity index (χ0n) is 11.7. The molecule has 1 aliphatic heterocycles. The van der Waals surface area contributed by atoms with Crippen molar-refractivity contribution in [2.24, 2.45) is 11.7 Å². The fraction of sp³-hybridized carbons (Fsp3) is 0.462. The molecule has 0 aromatic heterocycles. The van der Waals surface area contributed by atoms with Gasteiger partial charge in [-0.05, 0) is 30.5 Å². The number of carbonyl (C=O) groups is 1. The summed E-state index contributed by atoms with van der Waals surface area (Å²) in [6, 6.07) is 3.41. The van der Waals surface area contributed by atoms with Crippen LogP contribution in [-0.2, 0) is 10.0 Å². The number of hydrogen-bond donors (Lipinski definition) is 3.